The quantitative estimate of drug-likeness (QED) is 0.799. The number of ether oxygens (including phenoxy) is 1. The summed E-state index contributed by atoms with van der Waals surface area (Å²) < 4.78 is 5.75. The normalized spacial score (nSPS) is 10.2. The average Bonchev–Trinajstić information content (AvgIpc) is 2.27. The molecular weight excluding hydrogens is 238 g/mol. The second-order valence-electron chi connectivity index (χ2n) is 3.91. The number of rotatable bonds is 4. The Balaban J connectivity index is 3.20. The number of carbonyl (C=O) groups is 2. The zero-order valence-corrected chi connectivity index (χ0v) is 10.5. The van der Waals surface area contributed by atoms with E-state index in [0.717, 1.165) is 0 Å². The number of aromatic nitrogens is 1. The Labute approximate surface area is 104 Å². The summed E-state index contributed by atoms with van der Waals surface area (Å²) in [6.07, 6.45) is 0.0271. The third kappa shape index (κ3) is 2.77. The molecule has 0 spiro atoms. The van der Waals surface area contributed by atoms with E-state index in [4.69, 9.17) is 5.11 Å². The highest BCUT2D eigenvalue weighted by molar-refractivity contribution is 5.90. The van der Waals surface area contributed by atoms with Gasteiger partial charge in [0.2, 0.25) is 0 Å². The number of carboxylic acid groups (broad SMARTS) is 1. The second kappa shape index (κ2) is 5.48. The topological polar surface area (TPSA) is 85.6 Å². The van der Waals surface area contributed by atoms with Gasteiger partial charge < -0.3 is 14.4 Å². The van der Waals surface area contributed by atoms with E-state index in [2.05, 4.69) is 4.74 Å². The summed E-state index contributed by atoms with van der Waals surface area (Å²) in [5.41, 5.74) is 0.536. The van der Waals surface area contributed by atoms with Gasteiger partial charge in [0.05, 0.1) is 19.1 Å². The Morgan fingerprint density at radius 1 is 1.39 bits per heavy atom. The van der Waals surface area contributed by atoms with Gasteiger partial charge in [-0.3, -0.25) is 9.59 Å². The Morgan fingerprint density at radius 3 is 2.50 bits per heavy atom. The van der Waals surface area contributed by atoms with E-state index in [1.807, 2.05) is 0 Å². The third-order valence-electron chi connectivity index (χ3n) is 2.75. The molecule has 98 valence electrons. The zero-order chi connectivity index (χ0) is 13.9. The molecule has 0 aromatic carbocycles. The van der Waals surface area contributed by atoms with Gasteiger partial charge >= 0.3 is 11.9 Å². The van der Waals surface area contributed by atoms with E-state index in [0.29, 0.717) is 11.3 Å². The summed E-state index contributed by atoms with van der Waals surface area (Å²) in [7, 11) is 1.26. The first-order chi connectivity index (χ1) is 8.38. The first-order valence-electron chi connectivity index (χ1n) is 5.39. The van der Waals surface area contributed by atoms with Crippen LogP contribution in [0.25, 0.3) is 0 Å². The standard InChI is InChI=1S/C12H15NO5/c1-7-6-9(14)13(5-4-10(15)18-3)8(2)11(7)12(16)17/h6H,4-5H2,1-3H3,(H,16,17). The largest absolute Gasteiger partial charge is 0.478 e. The van der Waals surface area contributed by atoms with E-state index < -0.39 is 11.9 Å². The number of aryl methyl sites for hydroxylation is 1. The predicted molar refractivity (Wildman–Crippen MR) is 63.8 cm³/mol. The monoisotopic (exact) mass is 253 g/mol. The molecule has 0 saturated carbocycles. The Hall–Kier alpha value is -2.11. The molecular formula is C12H15NO5. The molecule has 0 bridgehead atoms. The molecule has 18 heavy (non-hydrogen) atoms. The van der Waals surface area contributed by atoms with Crippen LogP contribution in [0.1, 0.15) is 28.0 Å². The maximum atomic E-state index is 11.8. The lowest BCUT2D eigenvalue weighted by atomic mass is 10.1. The number of carboxylic acids is 1. The number of hydrogen-bond donors (Lipinski definition) is 1. The van der Waals surface area contributed by atoms with Crippen LogP contribution in [-0.2, 0) is 16.1 Å². The number of nitrogens with zero attached hydrogens (tertiary/aromatic N) is 1. The maximum absolute atomic E-state index is 11.8. The summed E-state index contributed by atoms with van der Waals surface area (Å²) in [5, 5.41) is 9.08. The molecule has 0 radical (unpaired) electrons. The first kappa shape index (κ1) is 14.0. The molecule has 0 amide bonds. The van der Waals surface area contributed by atoms with Gasteiger partial charge in [0.25, 0.3) is 5.56 Å². The van der Waals surface area contributed by atoms with Gasteiger partial charge in [-0.1, -0.05) is 0 Å². The van der Waals surface area contributed by atoms with Gasteiger partial charge in [-0.05, 0) is 19.4 Å². The van der Waals surface area contributed by atoms with Crippen LogP contribution in [0.4, 0.5) is 0 Å². The van der Waals surface area contributed by atoms with E-state index in [1.54, 1.807) is 13.8 Å². The number of pyridine rings is 1. The van der Waals surface area contributed by atoms with Gasteiger partial charge in [0.1, 0.15) is 0 Å². The average molecular weight is 253 g/mol. The highest BCUT2D eigenvalue weighted by atomic mass is 16.5. The zero-order valence-electron chi connectivity index (χ0n) is 10.5. The highest BCUT2D eigenvalue weighted by Gasteiger charge is 2.16. The fraction of sp³-hybridized carbons (Fsp3) is 0.417. The minimum absolute atomic E-state index is 0.0271. The molecule has 0 fully saturated rings. The maximum Gasteiger partial charge on any atom is 0.337 e. The summed E-state index contributed by atoms with van der Waals surface area (Å²) in [5.74, 6) is -1.53. The molecule has 1 aromatic heterocycles. The summed E-state index contributed by atoms with van der Waals surface area (Å²) in [6, 6.07) is 1.26. The molecule has 1 aromatic rings. The molecule has 0 aliphatic heterocycles. The number of hydrogen-bond acceptors (Lipinski definition) is 4. The number of carbonyl (C=O) groups excluding carboxylic acids is 1. The van der Waals surface area contributed by atoms with Crippen molar-refractivity contribution in [3.63, 3.8) is 0 Å². The van der Waals surface area contributed by atoms with Crippen LogP contribution >= 0.6 is 0 Å². The van der Waals surface area contributed by atoms with E-state index in [-0.39, 0.29) is 24.1 Å². The van der Waals surface area contributed by atoms with Gasteiger partial charge in [0, 0.05) is 18.3 Å². The number of aromatic carboxylic acids is 1. The van der Waals surface area contributed by atoms with Crippen LogP contribution < -0.4 is 5.56 Å². The SMILES string of the molecule is COC(=O)CCn1c(C)c(C(=O)O)c(C)cc1=O. The number of esters is 1. The molecule has 1 heterocycles. The number of methoxy groups -OCH3 is 1. The Kier molecular flexibility index (Phi) is 4.25. The molecule has 6 heteroatoms. The van der Waals surface area contributed by atoms with Crippen LogP contribution in [0.5, 0.6) is 0 Å². The van der Waals surface area contributed by atoms with Crippen molar-refractivity contribution in [2.75, 3.05) is 7.11 Å². The minimum Gasteiger partial charge on any atom is -0.478 e. The van der Waals surface area contributed by atoms with Gasteiger partial charge in [0.15, 0.2) is 0 Å². The molecule has 1 N–H and O–H groups in total. The van der Waals surface area contributed by atoms with Crippen LogP contribution in [0.15, 0.2) is 10.9 Å². The van der Waals surface area contributed by atoms with Gasteiger partial charge in [-0.25, -0.2) is 4.79 Å². The molecule has 6 nitrogen and oxygen atoms in total. The third-order valence-corrected chi connectivity index (χ3v) is 2.75. The Morgan fingerprint density at radius 2 is 2.00 bits per heavy atom. The molecule has 0 atom stereocenters. The first-order valence-corrected chi connectivity index (χ1v) is 5.39. The molecule has 0 aliphatic rings. The highest BCUT2D eigenvalue weighted by Crippen LogP contribution is 2.11. The lowest BCUT2D eigenvalue weighted by Gasteiger charge is -2.13. The molecule has 1 rings (SSSR count). The fourth-order valence-electron chi connectivity index (χ4n) is 1.83. The van der Waals surface area contributed by atoms with Crippen LogP contribution in [0.2, 0.25) is 0 Å². The molecule has 0 saturated heterocycles. The summed E-state index contributed by atoms with van der Waals surface area (Å²) in [6.45, 7) is 3.23. The van der Waals surface area contributed by atoms with Crippen molar-refractivity contribution in [1.29, 1.82) is 0 Å². The van der Waals surface area contributed by atoms with Crippen LogP contribution in [0, 0.1) is 13.8 Å². The second-order valence-corrected chi connectivity index (χ2v) is 3.91. The van der Waals surface area contributed by atoms with Crippen LogP contribution in [-0.4, -0.2) is 28.7 Å². The molecule has 0 aliphatic carbocycles. The van der Waals surface area contributed by atoms with Gasteiger partial charge in [-0.15, -0.1) is 0 Å². The lowest BCUT2D eigenvalue weighted by Crippen LogP contribution is -2.26. The van der Waals surface area contributed by atoms with Crippen molar-refractivity contribution < 1.29 is 19.4 Å². The van der Waals surface area contributed by atoms with Crippen molar-refractivity contribution >= 4 is 11.9 Å². The van der Waals surface area contributed by atoms with Gasteiger partial charge in [-0.2, -0.15) is 0 Å². The van der Waals surface area contributed by atoms with Crippen molar-refractivity contribution in [3.8, 4) is 0 Å². The fourth-order valence-corrected chi connectivity index (χ4v) is 1.83. The lowest BCUT2D eigenvalue weighted by molar-refractivity contribution is -0.140. The van der Waals surface area contributed by atoms with Crippen molar-refractivity contribution in [2.24, 2.45) is 0 Å². The predicted octanol–water partition coefficient (Wildman–Crippen LogP) is 0.726. The minimum atomic E-state index is -1.09. The van der Waals surface area contributed by atoms with E-state index in [9.17, 15) is 14.4 Å². The van der Waals surface area contributed by atoms with E-state index in [1.165, 1.54) is 17.7 Å². The van der Waals surface area contributed by atoms with Crippen molar-refractivity contribution in [2.45, 2.75) is 26.8 Å². The summed E-state index contributed by atoms with van der Waals surface area (Å²) >= 11 is 0. The molecule has 0 unspecified atom stereocenters. The van der Waals surface area contributed by atoms with Crippen molar-refractivity contribution in [1.82, 2.24) is 4.57 Å². The van der Waals surface area contributed by atoms with Crippen molar-refractivity contribution in [3.05, 3.63) is 33.2 Å². The smallest absolute Gasteiger partial charge is 0.337 e. The van der Waals surface area contributed by atoms with E-state index >= 15 is 0 Å². The summed E-state index contributed by atoms with van der Waals surface area (Å²) in [4.78, 5) is 33.9. The Bertz CT molecular complexity index is 544. The van der Waals surface area contributed by atoms with Crippen LogP contribution in [0.3, 0.4) is 0 Å².